The van der Waals surface area contributed by atoms with Crippen molar-refractivity contribution in [1.29, 1.82) is 0 Å². The van der Waals surface area contributed by atoms with Gasteiger partial charge in [0.15, 0.2) is 5.11 Å². The molecule has 0 radical (unpaired) electrons. The van der Waals surface area contributed by atoms with Crippen molar-refractivity contribution in [3.63, 3.8) is 0 Å². The number of nitrogens with one attached hydrogen (secondary N) is 1. The van der Waals surface area contributed by atoms with Crippen molar-refractivity contribution < 1.29 is 23.5 Å². The van der Waals surface area contributed by atoms with Crippen LogP contribution >= 0.6 is 12.2 Å². The van der Waals surface area contributed by atoms with E-state index >= 15 is 4.39 Å². The maximum Gasteiger partial charge on any atom is 0.307 e. The first-order valence-corrected chi connectivity index (χ1v) is 11.9. The highest BCUT2D eigenvalue weighted by atomic mass is 32.1. The Balaban J connectivity index is 1.58. The van der Waals surface area contributed by atoms with Crippen LogP contribution in [-0.4, -0.2) is 46.6 Å². The Kier molecular flexibility index (Phi) is 6.99. The van der Waals surface area contributed by atoms with Crippen molar-refractivity contribution in [3.8, 4) is 0 Å². The number of pyridine rings is 1. The molecule has 186 valence electrons. The molecule has 0 atom stereocenters. The lowest BCUT2D eigenvalue weighted by Crippen LogP contribution is -2.55. The third-order valence-corrected chi connectivity index (χ3v) is 6.73. The summed E-state index contributed by atoms with van der Waals surface area (Å²) in [5.41, 5.74) is 0.302. The number of carbonyl (C=O) groups excluding carboxylic acids is 3. The van der Waals surface area contributed by atoms with Gasteiger partial charge in [-0.25, -0.2) is 4.39 Å². The topological polar surface area (TPSA) is 96.2 Å². The van der Waals surface area contributed by atoms with Crippen molar-refractivity contribution >= 4 is 52.3 Å². The molecular formula is C25H24FN5O4S. The highest BCUT2D eigenvalue weighted by Crippen LogP contribution is 2.48. The van der Waals surface area contributed by atoms with Gasteiger partial charge in [0.1, 0.15) is 17.6 Å². The minimum Gasteiger partial charge on any atom is -0.466 e. The molecule has 1 aliphatic carbocycles. The van der Waals surface area contributed by atoms with E-state index in [1.165, 1.54) is 23.2 Å². The molecule has 36 heavy (non-hydrogen) atoms. The first-order valence-electron chi connectivity index (χ1n) is 11.5. The van der Waals surface area contributed by atoms with Gasteiger partial charge in [-0.05, 0) is 75.2 Å². The van der Waals surface area contributed by atoms with Crippen LogP contribution in [0.5, 0.6) is 0 Å². The molecule has 1 N–H and O–H groups in total. The van der Waals surface area contributed by atoms with Gasteiger partial charge >= 0.3 is 5.97 Å². The standard InChI is InChI=1S/C25H24FN5O4S/c1-4-35-20(32)8-11-28-22(33)18-7-6-16(13-19(18)26)31-24(36)30(23(34)25(31)9-5-10-25)17-12-15(2)21(27-3)29-14-17/h6-7,12-14H,4-5,8-11H2,1-2H3,(H,28,33). The fourth-order valence-electron chi connectivity index (χ4n) is 4.43. The Morgan fingerprint density at radius 3 is 2.64 bits per heavy atom. The van der Waals surface area contributed by atoms with E-state index in [9.17, 15) is 14.4 Å². The third kappa shape index (κ3) is 4.28. The van der Waals surface area contributed by atoms with Gasteiger partial charge in [-0.2, -0.15) is 0 Å². The number of amides is 2. The van der Waals surface area contributed by atoms with Gasteiger partial charge in [0, 0.05) is 12.2 Å². The van der Waals surface area contributed by atoms with Crippen LogP contribution in [0, 0.1) is 19.3 Å². The predicted molar refractivity (Wildman–Crippen MR) is 134 cm³/mol. The van der Waals surface area contributed by atoms with E-state index < -0.39 is 23.2 Å². The summed E-state index contributed by atoms with van der Waals surface area (Å²) in [6.07, 6.45) is 3.33. The van der Waals surface area contributed by atoms with Crippen molar-refractivity contribution in [2.75, 3.05) is 23.0 Å². The van der Waals surface area contributed by atoms with Gasteiger partial charge in [0.05, 0.1) is 24.3 Å². The Labute approximate surface area is 213 Å². The van der Waals surface area contributed by atoms with Crippen molar-refractivity contribution in [2.45, 2.75) is 45.1 Å². The molecule has 0 bridgehead atoms. The molecule has 0 unspecified atom stereocenters. The minimum absolute atomic E-state index is 0.0153. The zero-order valence-electron chi connectivity index (χ0n) is 19.8. The normalized spacial score (nSPS) is 16.1. The molecule has 11 heteroatoms. The van der Waals surface area contributed by atoms with E-state index in [-0.39, 0.29) is 42.0 Å². The van der Waals surface area contributed by atoms with Crippen molar-refractivity contribution in [1.82, 2.24) is 10.3 Å². The van der Waals surface area contributed by atoms with E-state index in [2.05, 4.69) is 15.1 Å². The number of hydrogen-bond acceptors (Lipinski definition) is 6. The molecular weight excluding hydrogens is 485 g/mol. The molecule has 2 heterocycles. The fourth-order valence-corrected chi connectivity index (χ4v) is 4.90. The van der Waals surface area contributed by atoms with Gasteiger partial charge < -0.3 is 19.8 Å². The number of halogens is 1. The molecule has 1 aromatic carbocycles. The maximum absolute atomic E-state index is 15.1. The van der Waals surface area contributed by atoms with Crippen LogP contribution in [0.15, 0.2) is 30.5 Å². The van der Waals surface area contributed by atoms with E-state index in [4.69, 9.17) is 23.5 Å². The van der Waals surface area contributed by atoms with Crippen molar-refractivity contribution in [2.24, 2.45) is 0 Å². The van der Waals surface area contributed by atoms with E-state index in [1.807, 2.05) is 0 Å². The number of nitrogens with zero attached hydrogens (tertiary/aromatic N) is 4. The van der Waals surface area contributed by atoms with Gasteiger partial charge in [0.2, 0.25) is 0 Å². The van der Waals surface area contributed by atoms with Gasteiger partial charge in [-0.3, -0.25) is 19.3 Å². The number of thiocarbonyl (C=S) groups is 1. The second kappa shape index (κ2) is 9.99. The summed E-state index contributed by atoms with van der Waals surface area (Å²) < 4.78 is 19.9. The van der Waals surface area contributed by atoms with Crippen LogP contribution in [-0.2, 0) is 14.3 Å². The van der Waals surface area contributed by atoms with Crippen molar-refractivity contribution in [3.05, 3.63) is 58.8 Å². The molecule has 1 saturated carbocycles. The molecule has 4 rings (SSSR count). The Hall–Kier alpha value is -3.91. The van der Waals surface area contributed by atoms with Crippen LogP contribution in [0.1, 0.15) is 48.5 Å². The van der Waals surface area contributed by atoms with Crippen LogP contribution in [0.4, 0.5) is 21.6 Å². The SMILES string of the molecule is [C-]#[N+]c1ncc(N2C(=O)C3(CCC3)N(c3ccc(C(=O)NCCC(=O)OCC)c(F)c3)C2=S)cc1C. The highest BCUT2D eigenvalue weighted by molar-refractivity contribution is 7.81. The maximum atomic E-state index is 15.1. The van der Waals surface area contributed by atoms with Crippen LogP contribution in [0.25, 0.3) is 4.85 Å². The smallest absolute Gasteiger partial charge is 0.307 e. The summed E-state index contributed by atoms with van der Waals surface area (Å²) in [5, 5.41) is 2.69. The lowest BCUT2D eigenvalue weighted by molar-refractivity contribution is -0.142. The number of ether oxygens (including phenoxy) is 1. The second-order valence-electron chi connectivity index (χ2n) is 8.56. The average molecular weight is 510 g/mol. The number of anilines is 2. The van der Waals surface area contributed by atoms with Gasteiger partial charge in [-0.15, -0.1) is 4.98 Å². The Morgan fingerprint density at radius 2 is 2.06 bits per heavy atom. The largest absolute Gasteiger partial charge is 0.466 e. The third-order valence-electron chi connectivity index (χ3n) is 6.37. The predicted octanol–water partition coefficient (Wildman–Crippen LogP) is 3.82. The fraction of sp³-hybridized carbons (Fsp3) is 0.360. The number of benzene rings is 1. The minimum atomic E-state index is -0.931. The number of rotatable bonds is 7. The first kappa shape index (κ1) is 25.2. The number of hydrogen-bond donors (Lipinski definition) is 1. The van der Waals surface area contributed by atoms with Crippen LogP contribution in [0.2, 0.25) is 0 Å². The Bertz CT molecular complexity index is 1300. The summed E-state index contributed by atoms with van der Waals surface area (Å²) in [6.45, 7) is 10.9. The molecule has 9 nitrogen and oxygen atoms in total. The average Bonchev–Trinajstić information content (AvgIpc) is 3.05. The molecule has 2 aliphatic rings. The number of aryl methyl sites for hydroxylation is 1. The molecule has 1 aromatic heterocycles. The second-order valence-corrected chi connectivity index (χ2v) is 8.93. The number of aromatic nitrogens is 1. The van der Waals surface area contributed by atoms with Crippen LogP contribution in [0.3, 0.4) is 0 Å². The lowest BCUT2D eigenvalue weighted by atomic mass is 9.75. The van der Waals surface area contributed by atoms with Gasteiger partial charge in [0.25, 0.3) is 17.6 Å². The summed E-state index contributed by atoms with van der Waals surface area (Å²) in [5.74, 6) is -1.88. The summed E-state index contributed by atoms with van der Waals surface area (Å²) in [6, 6.07) is 5.76. The summed E-state index contributed by atoms with van der Waals surface area (Å²) in [7, 11) is 0. The van der Waals surface area contributed by atoms with E-state index in [0.717, 1.165) is 6.42 Å². The number of carbonyl (C=O) groups is 3. The quantitative estimate of drug-likeness (QED) is 0.344. The monoisotopic (exact) mass is 509 g/mol. The molecule has 1 saturated heterocycles. The zero-order valence-corrected chi connectivity index (χ0v) is 20.7. The molecule has 2 amide bonds. The van der Waals surface area contributed by atoms with E-state index in [0.29, 0.717) is 29.8 Å². The zero-order chi connectivity index (χ0) is 26.0. The summed E-state index contributed by atoms with van der Waals surface area (Å²) in [4.78, 5) is 48.0. The van der Waals surface area contributed by atoms with Crippen LogP contribution < -0.4 is 15.1 Å². The molecule has 1 spiro atoms. The molecule has 2 aromatic rings. The number of esters is 1. The highest BCUT2D eigenvalue weighted by Gasteiger charge is 2.59. The van der Waals surface area contributed by atoms with E-state index in [1.54, 1.807) is 30.9 Å². The summed E-state index contributed by atoms with van der Waals surface area (Å²) >= 11 is 5.68. The van der Waals surface area contributed by atoms with Gasteiger partial charge in [-0.1, -0.05) is 6.57 Å². The molecule has 2 fully saturated rings. The first-order chi connectivity index (χ1) is 17.2. The molecule has 1 aliphatic heterocycles. The lowest BCUT2D eigenvalue weighted by Gasteiger charge is -2.43. The Morgan fingerprint density at radius 1 is 1.31 bits per heavy atom.